The molecule has 9 nitrogen and oxygen atoms in total. The van der Waals surface area contributed by atoms with Crippen molar-refractivity contribution in [3.63, 3.8) is 0 Å². The molecule has 10 heteroatoms. The summed E-state index contributed by atoms with van der Waals surface area (Å²) >= 11 is 0. The van der Waals surface area contributed by atoms with Gasteiger partial charge >= 0.3 is 6.03 Å². The number of fused-ring (bicyclic) bond motifs is 1. The summed E-state index contributed by atoms with van der Waals surface area (Å²) in [6, 6.07) is 2.31. The fourth-order valence-electron chi connectivity index (χ4n) is 5.67. The van der Waals surface area contributed by atoms with Crippen LogP contribution in [0.1, 0.15) is 89.7 Å². The predicted molar refractivity (Wildman–Crippen MR) is 168 cm³/mol. The van der Waals surface area contributed by atoms with Crippen LogP contribution in [-0.2, 0) is 4.74 Å². The molecule has 3 aromatic rings. The third kappa shape index (κ3) is 8.27. The zero-order chi connectivity index (χ0) is 29.9. The number of nitrogens with one attached hydrogen (secondary N) is 2. The molecule has 1 aliphatic rings. The van der Waals surface area contributed by atoms with E-state index in [1.807, 2.05) is 13.1 Å². The van der Waals surface area contributed by atoms with Crippen LogP contribution in [-0.4, -0.2) is 70.0 Å². The van der Waals surface area contributed by atoms with E-state index >= 15 is 0 Å². The first-order valence-electron chi connectivity index (χ1n) is 15.4. The largest absolute Gasteiger partial charge is 0.381 e. The second-order valence-corrected chi connectivity index (χ2v) is 11.3. The first-order valence-corrected chi connectivity index (χ1v) is 15.4. The van der Waals surface area contributed by atoms with Crippen LogP contribution in [0, 0.1) is 0 Å². The van der Waals surface area contributed by atoms with Gasteiger partial charge in [-0.15, -0.1) is 0 Å². The zero-order valence-electron chi connectivity index (χ0n) is 25.4. The average molecular weight is 580 g/mol. The Morgan fingerprint density at radius 1 is 1.29 bits per heavy atom. The number of nitrogens with zero attached hydrogens (tertiary/aromatic N) is 5. The standard InChI is InChI=1S/C32H46FN7O2/c1-5-6-9-17-42-18-10-7-8-15-39(4)32(41)37-25-12-11-13-26(20-25)40-16-14-24-21-35-30(38-31(24)40)28-22-36-29(34-3)27(28)19-23(2)33/h14,16,19,21-22,25-26,36H,3,5-13,15,17-18,20H2,1-2,4H3,(H,37,41)/b23-19+/t25-,26+/m1/s1. The van der Waals surface area contributed by atoms with E-state index in [1.54, 1.807) is 17.3 Å². The maximum atomic E-state index is 13.8. The van der Waals surface area contributed by atoms with E-state index in [2.05, 4.69) is 44.7 Å². The average Bonchev–Trinajstić information content (AvgIpc) is 3.59. The van der Waals surface area contributed by atoms with E-state index in [1.165, 1.54) is 25.8 Å². The number of allylic oxidation sites excluding steroid dienone is 1. The summed E-state index contributed by atoms with van der Waals surface area (Å²) in [5.74, 6) is 0.629. The Hall–Kier alpha value is -3.53. The van der Waals surface area contributed by atoms with E-state index in [4.69, 9.17) is 9.72 Å². The fourth-order valence-corrected chi connectivity index (χ4v) is 5.67. The predicted octanol–water partition coefficient (Wildman–Crippen LogP) is 7.59. The number of amides is 2. The number of carbonyl (C=O) groups excluding carboxylic acids is 1. The molecule has 1 fully saturated rings. The quantitative estimate of drug-likeness (QED) is 0.143. The van der Waals surface area contributed by atoms with Gasteiger partial charge in [-0.2, -0.15) is 0 Å². The Morgan fingerprint density at radius 3 is 2.86 bits per heavy atom. The van der Waals surface area contributed by atoms with Crippen molar-refractivity contribution in [1.82, 2.24) is 29.7 Å². The van der Waals surface area contributed by atoms with Gasteiger partial charge < -0.3 is 24.5 Å². The Balaban J connectivity index is 1.34. The minimum atomic E-state index is -0.339. The van der Waals surface area contributed by atoms with Gasteiger partial charge in [-0.3, -0.25) is 0 Å². The molecule has 0 radical (unpaired) electrons. The highest BCUT2D eigenvalue weighted by molar-refractivity contribution is 5.82. The Morgan fingerprint density at radius 2 is 2.10 bits per heavy atom. The first kappa shape index (κ1) is 31.4. The van der Waals surface area contributed by atoms with E-state index < -0.39 is 0 Å². The summed E-state index contributed by atoms with van der Waals surface area (Å²) in [5.41, 5.74) is 2.06. The van der Waals surface area contributed by atoms with Crippen molar-refractivity contribution in [3.05, 3.63) is 36.0 Å². The number of aliphatic imine (C=N–C) groups is 1. The lowest BCUT2D eigenvalue weighted by atomic mass is 9.91. The first-order chi connectivity index (χ1) is 20.4. The molecule has 1 saturated carbocycles. The molecule has 3 heterocycles. The molecular formula is C32H46FN7O2. The lowest BCUT2D eigenvalue weighted by molar-refractivity contribution is 0.125. The van der Waals surface area contributed by atoms with E-state index in [0.29, 0.717) is 22.8 Å². The summed E-state index contributed by atoms with van der Waals surface area (Å²) in [6.45, 7) is 9.56. The second kappa shape index (κ2) is 15.6. The van der Waals surface area contributed by atoms with Gasteiger partial charge in [-0.05, 0) is 77.2 Å². The lowest BCUT2D eigenvalue weighted by Crippen LogP contribution is -2.45. The number of aromatic amines is 1. The molecule has 0 aromatic carbocycles. The van der Waals surface area contributed by atoms with Crippen LogP contribution in [0.3, 0.4) is 0 Å². The summed E-state index contributed by atoms with van der Waals surface area (Å²) < 4.78 is 21.7. The van der Waals surface area contributed by atoms with Crippen molar-refractivity contribution >= 4 is 35.7 Å². The van der Waals surface area contributed by atoms with Crippen molar-refractivity contribution in [2.45, 2.75) is 90.1 Å². The Labute approximate surface area is 248 Å². The SMILES string of the molecule is C=Nc1[nH]cc(-c2ncc3ccn([C@H]4CCC[C@@H](NC(=O)N(C)CCCCCOCCCCC)C4)c3n2)c1/C=C(\C)F. The molecule has 228 valence electrons. The second-order valence-electron chi connectivity index (χ2n) is 11.3. The minimum absolute atomic E-state index is 0.0127. The van der Waals surface area contributed by atoms with Crippen LogP contribution < -0.4 is 5.32 Å². The molecule has 0 saturated heterocycles. The van der Waals surface area contributed by atoms with E-state index in [9.17, 15) is 9.18 Å². The number of hydrogen-bond donors (Lipinski definition) is 2. The Kier molecular flexibility index (Phi) is 11.7. The van der Waals surface area contributed by atoms with Crippen LogP contribution in [0.25, 0.3) is 28.5 Å². The van der Waals surface area contributed by atoms with Gasteiger partial charge in [-0.25, -0.2) is 24.1 Å². The van der Waals surface area contributed by atoms with E-state index in [-0.39, 0.29) is 23.9 Å². The number of hydrogen-bond acceptors (Lipinski definition) is 5. The number of ether oxygens (including phenoxy) is 1. The van der Waals surface area contributed by atoms with Gasteiger partial charge in [0.05, 0.1) is 5.83 Å². The summed E-state index contributed by atoms with van der Waals surface area (Å²) in [4.78, 5) is 31.2. The maximum absolute atomic E-state index is 13.8. The van der Waals surface area contributed by atoms with Crippen LogP contribution >= 0.6 is 0 Å². The monoisotopic (exact) mass is 579 g/mol. The van der Waals surface area contributed by atoms with Crippen molar-refractivity contribution < 1.29 is 13.9 Å². The van der Waals surface area contributed by atoms with E-state index in [0.717, 1.165) is 82.2 Å². The summed E-state index contributed by atoms with van der Waals surface area (Å²) in [6.07, 6.45) is 17.5. The third-order valence-corrected chi connectivity index (χ3v) is 7.98. The topological polar surface area (TPSA) is 100 Å². The molecule has 3 aromatic heterocycles. The van der Waals surface area contributed by atoms with Crippen LogP contribution in [0.5, 0.6) is 0 Å². The number of rotatable bonds is 15. The molecule has 0 spiro atoms. The van der Waals surface area contributed by atoms with Crippen molar-refractivity contribution in [1.29, 1.82) is 0 Å². The van der Waals surface area contributed by atoms with Crippen molar-refractivity contribution in [2.75, 3.05) is 26.8 Å². The summed E-state index contributed by atoms with van der Waals surface area (Å²) in [7, 11) is 1.87. The highest BCUT2D eigenvalue weighted by Gasteiger charge is 2.26. The highest BCUT2D eigenvalue weighted by Crippen LogP contribution is 2.34. The van der Waals surface area contributed by atoms with Gasteiger partial charge in [0, 0.05) is 74.0 Å². The number of halogens is 1. The maximum Gasteiger partial charge on any atom is 0.317 e. The normalized spacial score (nSPS) is 17.5. The number of aromatic nitrogens is 4. The zero-order valence-corrected chi connectivity index (χ0v) is 25.4. The molecule has 2 atom stereocenters. The molecule has 0 bridgehead atoms. The molecule has 0 unspecified atom stereocenters. The minimum Gasteiger partial charge on any atom is -0.381 e. The smallest absolute Gasteiger partial charge is 0.317 e. The molecule has 42 heavy (non-hydrogen) atoms. The third-order valence-electron chi connectivity index (χ3n) is 7.98. The molecule has 0 aliphatic heterocycles. The fraction of sp³-hybridized carbons (Fsp3) is 0.562. The highest BCUT2D eigenvalue weighted by atomic mass is 19.1. The molecule has 4 rings (SSSR count). The van der Waals surface area contributed by atoms with Gasteiger partial charge in [0.15, 0.2) is 5.82 Å². The molecule has 2 N–H and O–H groups in total. The molecular weight excluding hydrogens is 533 g/mol. The Bertz CT molecular complexity index is 1340. The molecule has 2 amide bonds. The van der Waals surface area contributed by atoms with Crippen LogP contribution in [0.15, 0.2) is 35.5 Å². The van der Waals surface area contributed by atoms with Gasteiger partial charge in [-0.1, -0.05) is 19.8 Å². The summed E-state index contributed by atoms with van der Waals surface area (Å²) in [5, 5.41) is 4.20. The van der Waals surface area contributed by atoms with Crippen LogP contribution in [0.2, 0.25) is 0 Å². The van der Waals surface area contributed by atoms with Crippen molar-refractivity contribution in [3.8, 4) is 11.4 Å². The van der Waals surface area contributed by atoms with Gasteiger partial charge in [0.1, 0.15) is 11.5 Å². The van der Waals surface area contributed by atoms with Gasteiger partial charge in [0.2, 0.25) is 0 Å². The molecule has 1 aliphatic carbocycles. The van der Waals surface area contributed by atoms with Gasteiger partial charge in [0.25, 0.3) is 0 Å². The van der Waals surface area contributed by atoms with Crippen LogP contribution in [0.4, 0.5) is 15.0 Å². The number of H-pyrrole nitrogens is 1. The number of carbonyl (C=O) groups is 1. The number of urea groups is 1. The van der Waals surface area contributed by atoms with Crippen molar-refractivity contribution in [2.24, 2.45) is 4.99 Å². The lowest BCUT2D eigenvalue weighted by Gasteiger charge is -2.32. The number of unbranched alkanes of at least 4 members (excludes halogenated alkanes) is 4.